The quantitative estimate of drug-likeness (QED) is 0.380. The molecule has 0 spiro atoms. The van der Waals surface area contributed by atoms with Crippen molar-refractivity contribution in [2.24, 2.45) is 0 Å². The molecule has 0 unspecified atom stereocenters. The summed E-state index contributed by atoms with van der Waals surface area (Å²) in [6.45, 7) is 2.21. The summed E-state index contributed by atoms with van der Waals surface area (Å²) in [5, 5.41) is 5.52. The molecule has 0 nitrogen and oxygen atoms in total. The van der Waals surface area contributed by atoms with Crippen LogP contribution in [0.4, 0.5) is 0 Å². The predicted molar refractivity (Wildman–Crippen MR) is 97.7 cm³/mol. The van der Waals surface area contributed by atoms with Gasteiger partial charge in [0, 0.05) is 0 Å². The van der Waals surface area contributed by atoms with E-state index in [0.717, 1.165) is 0 Å². The molecule has 0 heterocycles. The molecule has 0 fully saturated rings. The molecule has 0 aliphatic carbocycles. The average Bonchev–Trinajstić information content (AvgIpc) is 2.56. The van der Waals surface area contributed by atoms with E-state index in [9.17, 15) is 0 Å². The monoisotopic (exact) mass is 348 g/mol. The summed E-state index contributed by atoms with van der Waals surface area (Å²) < 4.78 is 2.89. The molecule has 1 heteroatoms. The fourth-order valence-corrected chi connectivity index (χ4v) is 5.16. The van der Waals surface area contributed by atoms with Gasteiger partial charge in [0.05, 0.1) is 0 Å². The van der Waals surface area contributed by atoms with Gasteiger partial charge in [-0.3, -0.25) is 0 Å². The van der Waals surface area contributed by atoms with Crippen LogP contribution in [0.3, 0.4) is 0 Å². The summed E-state index contributed by atoms with van der Waals surface area (Å²) in [5.41, 5.74) is 1.35. The molecule has 0 aliphatic rings. The fourth-order valence-electron chi connectivity index (χ4n) is 3.01. The summed E-state index contributed by atoms with van der Waals surface area (Å²) in [6.07, 6.45) is 0. The Labute approximate surface area is 136 Å². The first kappa shape index (κ1) is 13.6. The van der Waals surface area contributed by atoms with E-state index < -0.39 is 0 Å². The predicted octanol–water partition coefficient (Wildman–Crippen LogP) is 3.96. The Bertz CT molecular complexity index is 955. The van der Waals surface area contributed by atoms with Crippen molar-refractivity contribution in [3.05, 3.63) is 84.4 Å². The van der Waals surface area contributed by atoms with Crippen LogP contribution in [0.25, 0.3) is 21.5 Å². The number of benzene rings is 4. The third kappa shape index (κ3) is 2.33. The van der Waals surface area contributed by atoms with E-state index in [1.807, 2.05) is 0 Å². The molecule has 0 aromatic heterocycles. The third-order valence-electron chi connectivity index (χ3n) is 4.02. The van der Waals surface area contributed by atoms with E-state index in [-0.39, 0.29) is 0 Å². The second kappa shape index (κ2) is 5.61. The van der Waals surface area contributed by atoms with Crippen LogP contribution in [0.1, 0.15) is 5.56 Å². The van der Waals surface area contributed by atoms with E-state index >= 15 is 0 Å². The molecule has 0 saturated heterocycles. The van der Waals surface area contributed by atoms with Crippen molar-refractivity contribution < 1.29 is 0 Å². The van der Waals surface area contributed by atoms with E-state index in [4.69, 9.17) is 0 Å². The Kier molecular flexibility index (Phi) is 3.46. The van der Waals surface area contributed by atoms with Crippen LogP contribution in [0.15, 0.2) is 78.9 Å². The van der Waals surface area contributed by atoms with Gasteiger partial charge in [-0.2, -0.15) is 0 Å². The van der Waals surface area contributed by atoms with E-state index in [1.54, 1.807) is 0 Å². The molecule has 4 rings (SSSR count). The van der Waals surface area contributed by atoms with Crippen molar-refractivity contribution in [2.45, 2.75) is 6.92 Å². The van der Waals surface area contributed by atoms with Gasteiger partial charge in [-0.1, -0.05) is 0 Å². The van der Waals surface area contributed by atoms with E-state index in [2.05, 4.69) is 85.8 Å². The van der Waals surface area contributed by atoms with Crippen molar-refractivity contribution in [1.29, 1.82) is 0 Å². The number of hydrogen-bond donors (Lipinski definition) is 0. The molecule has 4 aromatic rings. The molecule has 4 aromatic carbocycles. The SMILES string of the molecule is Cc1cccc2cc([Se]c3ccccc3)c3ccccc3c12. The van der Waals surface area contributed by atoms with Crippen LogP contribution in [-0.4, -0.2) is 15.0 Å². The normalized spacial score (nSPS) is 11.1. The van der Waals surface area contributed by atoms with Gasteiger partial charge >= 0.3 is 137 Å². The molecule has 0 saturated carbocycles. The van der Waals surface area contributed by atoms with Crippen molar-refractivity contribution in [3.63, 3.8) is 0 Å². The zero-order valence-electron chi connectivity index (χ0n) is 12.4. The standard InChI is InChI=1S/C21H16Se/c1-15-8-7-9-16-14-20(22-17-10-3-2-4-11-17)18-12-5-6-13-19(18)21(15)16/h2-14H,1H3. The second-order valence-corrected chi connectivity index (χ2v) is 7.85. The first-order valence-corrected chi connectivity index (χ1v) is 9.18. The van der Waals surface area contributed by atoms with Crippen LogP contribution in [0.5, 0.6) is 0 Å². The minimum atomic E-state index is 0.332. The number of hydrogen-bond acceptors (Lipinski definition) is 0. The zero-order chi connectivity index (χ0) is 14.9. The number of fused-ring (bicyclic) bond motifs is 3. The minimum absolute atomic E-state index is 0.332. The molecular formula is C21H16Se. The summed E-state index contributed by atoms with van der Waals surface area (Å²) in [6, 6.07) is 28.6. The molecule has 0 aliphatic heterocycles. The molecule has 0 amide bonds. The Morgan fingerprint density at radius 3 is 2.23 bits per heavy atom. The second-order valence-electron chi connectivity index (χ2n) is 5.51. The maximum atomic E-state index is 2.39. The van der Waals surface area contributed by atoms with E-state index in [0.29, 0.717) is 15.0 Å². The summed E-state index contributed by atoms with van der Waals surface area (Å²) >= 11 is 0.332. The average molecular weight is 347 g/mol. The topological polar surface area (TPSA) is 0 Å². The fraction of sp³-hybridized carbons (Fsp3) is 0.0476. The molecule has 0 atom stereocenters. The van der Waals surface area contributed by atoms with Crippen LogP contribution in [0, 0.1) is 6.92 Å². The van der Waals surface area contributed by atoms with Crippen molar-refractivity contribution >= 4 is 45.4 Å². The summed E-state index contributed by atoms with van der Waals surface area (Å²) in [4.78, 5) is 0. The number of rotatable bonds is 2. The van der Waals surface area contributed by atoms with Crippen molar-refractivity contribution in [2.75, 3.05) is 0 Å². The Balaban J connectivity index is 2.01. The molecule has 0 radical (unpaired) electrons. The van der Waals surface area contributed by atoms with Crippen molar-refractivity contribution in [1.82, 2.24) is 0 Å². The third-order valence-corrected chi connectivity index (χ3v) is 6.26. The van der Waals surface area contributed by atoms with Gasteiger partial charge in [0.1, 0.15) is 0 Å². The van der Waals surface area contributed by atoms with Gasteiger partial charge < -0.3 is 0 Å². The summed E-state index contributed by atoms with van der Waals surface area (Å²) in [5.74, 6) is 0. The molecule has 106 valence electrons. The van der Waals surface area contributed by atoms with Crippen LogP contribution in [0.2, 0.25) is 0 Å². The van der Waals surface area contributed by atoms with Gasteiger partial charge in [0.25, 0.3) is 0 Å². The van der Waals surface area contributed by atoms with Crippen LogP contribution < -0.4 is 8.92 Å². The van der Waals surface area contributed by atoms with E-state index in [1.165, 1.54) is 36.0 Å². The van der Waals surface area contributed by atoms with Crippen LogP contribution in [-0.2, 0) is 0 Å². The van der Waals surface area contributed by atoms with Gasteiger partial charge in [-0.25, -0.2) is 0 Å². The maximum absolute atomic E-state index is 2.39. The zero-order valence-corrected chi connectivity index (χ0v) is 14.1. The van der Waals surface area contributed by atoms with Crippen LogP contribution >= 0.6 is 0 Å². The molecule has 22 heavy (non-hydrogen) atoms. The first-order chi connectivity index (χ1) is 10.8. The Morgan fingerprint density at radius 2 is 1.41 bits per heavy atom. The van der Waals surface area contributed by atoms with Gasteiger partial charge in [0.15, 0.2) is 0 Å². The first-order valence-electron chi connectivity index (χ1n) is 7.47. The molecule has 0 N–H and O–H groups in total. The van der Waals surface area contributed by atoms with Gasteiger partial charge in [0.2, 0.25) is 0 Å². The molecular weight excluding hydrogens is 331 g/mol. The van der Waals surface area contributed by atoms with Gasteiger partial charge in [-0.05, 0) is 0 Å². The van der Waals surface area contributed by atoms with Gasteiger partial charge in [-0.15, -0.1) is 0 Å². The Morgan fingerprint density at radius 1 is 0.682 bits per heavy atom. The molecule has 0 bridgehead atoms. The Hall–Kier alpha value is -2.08. The van der Waals surface area contributed by atoms with Crippen molar-refractivity contribution in [3.8, 4) is 0 Å². The number of aryl methyl sites for hydroxylation is 1. The summed E-state index contributed by atoms with van der Waals surface area (Å²) in [7, 11) is 0.